The summed E-state index contributed by atoms with van der Waals surface area (Å²) in [7, 11) is 0. The van der Waals surface area contributed by atoms with E-state index in [-0.39, 0.29) is 0 Å². The fourth-order valence-corrected chi connectivity index (χ4v) is 3.79. The Bertz CT molecular complexity index is 855. The van der Waals surface area contributed by atoms with E-state index in [2.05, 4.69) is 43.5 Å². The summed E-state index contributed by atoms with van der Waals surface area (Å²) in [5.74, 6) is 0.923. The smallest absolute Gasteiger partial charge is 0.131 e. The lowest BCUT2D eigenvalue weighted by atomic mass is 10.0. The number of benzene rings is 2. The van der Waals surface area contributed by atoms with Crippen molar-refractivity contribution >= 4 is 11.3 Å². The van der Waals surface area contributed by atoms with Crippen LogP contribution in [0.25, 0.3) is 21.8 Å². The summed E-state index contributed by atoms with van der Waals surface area (Å²) < 4.78 is 5.88. The number of hydrogen-bond acceptors (Lipinski definition) is 4. The summed E-state index contributed by atoms with van der Waals surface area (Å²) in [6.45, 7) is 7.34. The number of aryl methyl sites for hydroxylation is 2. The first-order valence-corrected chi connectivity index (χ1v) is 9.00. The van der Waals surface area contributed by atoms with Gasteiger partial charge >= 0.3 is 0 Å². The molecule has 1 aromatic heterocycles. The molecular weight excluding hydrogens is 316 g/mol. The summed E-state index contributed by atoms with van der Waals surface area (Å²) in [5, 5.41) is 3.09. The monoisotopic (exact) mass is 338 g/mol. The van der Waals surface area contributed by atoms with Crippen LogP contribution in [0.5, 0.6) is 5.75 Å². The maximum atomic E-state index is 5.88. The second-order valence-corrected chi connectivity index (χ2v) is 6.65. The average molecular weight is 338 g/mol. The van der Waals surface area contributed by atoms with Gasteiger partial charge in [-0.1, -0.05) is 30.3 Å². The van der Waals surface area contributed by atoms with Gasteiger partial charge in [-0.3, -0.25) is 0 Å². The first-order valence-electron chi connectivity index (χ1n) is 8.12. The van der Waals surface area contributed by atoms with Gasteiger partial charge in [0.15, 0.2) is 0 Å². The minimum atomic E-state index is 0.513. The Kier molecular flexibility index (Phi) is 4.97. The second kappa shape index (κ2) is 7.16. The van der Waals surface area contributed by atoms with Crippen molar-refractivity contribution in [2.75, 3.05) is 6.61 Å². The van der Waals surface area contributed by atoms with Crippen molar-refractivity contribution in [2.24, 2.45) is 5.73 Å². The molecule has 0 amide bonds. The number of hydrogen-bond donors (Lipinski definition) is 1. The maximum Gasteiger partial charge on any atom is 0.131 e. The third-order valence-corrected chi connectivity index (χ3v) is 4.83. The molecule has 0 aliphatic heterocycles. The highest BCUT2D eigenvalue weighted by Gasteiger charge is 2.15. The molecule has 124 valence electrons. The van der Waals surface area contributed by atoms with E-state index in [9.17, 15) is 0 Å². The molecular formula is C20H22N2OS. The van der Waals surface area contributed by atoms with Gasteiger partial charge in [-0.25, -0.2) is 4.98 Å². The Morgan fingerprint density at radius 1 is 1.12 bits per heavy atom. The molecule has 1 heterocycles. The molecule has 0 radical (unpaired) electrons. The van der Waals surface area contributed by atoms with Gasteiger partial charge in [0, 0.05) is 23.1 Å². The zero-order valence-electron chi connectivity index (χ0n) is 14.3. The number of thiazole rings is 1. The topological polar surface area (TPSA) is 48.1 Å². The van der Waals surface area contributed by atoms with Gasteiger partial charge in [-0.15, -0.1) is 11.3 Å². The molecule has 2 aromatic carbocycles. The lowest BCUT2D eigenvalue weighted by Crippen LogP contribution is -1.99. The molecule has 0 fully saturated rings. The van der Waals surface area contributed by atoms with Crippen molar-refractivity contribution in [1.29, 1.82) is 0 Å². The summed E-state index contributed by atoms with van der Waals surface area (Å²) in [6, 6.07) is 12.5. The Labute approximate surface area is 147 Å². The number of ether oxygens (including phenoxy) is 1. The van der Waals surface area contributed by atoms with Crippen LogP contribution in [-0.4, -0.2) is 11.6 Å². The van der Waals surface area contributed by atoms with Gasteiger partial charge < -0.3 is 10.5 Å². The Morgan fingerprint density at radius 3 is 2.67 bits per heavy atom. The van der Waals surface area contributed by atoms with Crippen molar-refractivity contribution < 1.29 is 4.74 Å². The molecule has 4 heteroatoms. The largest absolute Gasteiger partial charge is 0.493 e. The number of aromatic nitrogens is 1. The Balaban J connectivity index is 2.08. The lowest BCUT2D eigenvalue weighted by Gasteiger charge is -2.13. The summed E-state index contributed by atoms with van der Waals surface area (Å²) >= 11 is 1.64. The highest BCUT2D eigenvalue weighted by atomic mass is 32.1. The molecule has 2 N–H and O–H groups in total. The Morgan fingerprint density at radius 2 is 1.92 bits per heavy atom. The minimum Gasteiger partial charge on any atom is -0.493 e. The average Bonchev–Trinajstić information content (AvgIpc) is 3.06. The van der Waals surface area contributed by atoms with Crippen LogP contribution in [0, 0.1) is 13.8 Å². The quantitative estimate of drug-likeness (QED) is 0.716. The van der Waals surface area contributed by atoms with Gasteiger partial charge in [-0.05, 0) is 43.5 Å². The third kappa shape index (κ3) is 3.21. The number of rotatable bonds is 5. The van der Waals surface area contributed by atoms with Crippen LogP contribution in [0.3, 0.4) is 0 Å². The van der Waals surface area contributed by atoms with Crippen LogP contribution in [0.1, 0.15) is 23.6 Å². The van der Waals surface area contributed by atoms with Gasteiger partial charge in [0.2, 0.25) is 0 Å². The standard InChI is InChI=1S/C20H22N2OS/c1-4-23-19-14(3)9-13(2)10-17(19)18-12-24-20(22-18)16-8-6-5-7-15(16)11-21/h5-10,12H,4,11,21H2,1-3H3. The van der Waals surface area contributed by atoms with E-state index in [4.69, 9.17) is 15.5 Å². The van der Waals surface area contributed by atoms with Gasteiger partial charge in [0.1, 0.15) is 10.8 Å². The third-order valence-electron chi connectivity index (χ3n) is 3.96. The zero-order valence-corrected chi connectivity index (χ0v) is 15.1. The van der Waals surface area contributed by atoms with Crippen molar-refractivity contribution in [2.45, 2.75) is 27.3 Å². The molecule has 24 heavy (non-hydrogen) atoms. The molecule has 0 saturated carbocycles. The van der Waals surface area contributed by atoms with E-state index in [1.165, 1.54) is 5.56 Å². The molecule has 0 bridgehead atoms. The lowest BCUT2D eigenvalue weighted by molar-refractivity contribution is 0.339. The predicted molar refractivity (Wildman–Crippen MR) is 102 cm³/mol. The van der Waals surface area contributed by atoms with E-state index in [0.717, 1.165) is 38.7 Å². The summed E-state index contributed by atoms with van der Waals surface area (Å²) in [5.41, 5.74) is 12.5. The Hall–Kier alpha value is -2.17. The van der Waals surface area contributed by atoms with Gasteiger partial charge in [-0.2, -0.15) is 0 Å². The van der Waals surface area contributed by atoms with Crippen LogP contribution in [0.4, 0.5) is 0 Å². The summed E-state index contributed by atoms with van der Waals surface area (Å²) in [6.07, 6.45) is 0. The van der Waals surface area contributed by atoms with E-state index >= 15 is 0 Å². The fourth-order valence-electron chi connectivity index (χ4n) is 2.91. The van der Waals surface area contributed by atoms with Crippen molar-refractivity contribution in [3.05, 3.63) is 58.5 Å². The van der Waals surface area contributed by atoms with Crippen molar-refractivity contribution in [3.63, 3.8) is 0 Å². The van der Waals surface area contributed by atoms with E-state index in [1.807, 2.05) is 19.1 Å². The van der Waals surface area contributed by atoms with Crippen LogP contribution in [0.15, 0.2) is 41.8 Å². The van der Waals surface area contributed by atoms with Crippen LogP contribution in [-0.2, 0) is 6.54 Å². The maximum absolute atomic E-state index is 5.88. The van der Waals surface area contributed by atoms with Crippen LogP contribution >= 0.6 is 11.3 Å². The van der Waals surface area contributed by atoms with E-state index in [1.54, 1.807) is 11.3 Å². The van der Waals surface area contributed by atoms with Crippen LogP contribution < -0.4 is 10.5 Å². The molecule has 0 saturated heterocycles. The van der Waals surface area contributed by atoms with E-state index < -0.39 is 0 Å². The molecule has 0 aliphatic carbocycles. The minimum absolute atomic E-state index is 0.513. The van der Waals surface area contributed by atoms with Crippen molar-refractivity contribution in [1.82, 2.24) is 4.98 Å². The first-order chi connectivity index (χ1) is 11.6. The zero-order chi connectivity index (χ0) is 17.1. The second-order valence-electron chi connectivity index (χ2n) is 5.79. The van der Waals surface area contributed by atoms with Gasteiger partial charge in [0.25, 0.3) is 0 Å². The molecule has 0 unspecified atom stereocenters. The highest BCUT2D eigenvalue weighted by Crippen LogP contribution is 2.37. The molecule has 0 spiro atoms. The first kappa shape index (κ1) is 16.7. The summed E-state index contributed by atoms with van der Waals surface area (Å²) in [4.78, 5) is 4.87. The predicted octanol–water partition coefficient (Wildman–Crippen LogP) is 4.95. The highest BCUT2D eigenvalue weighted by molar-refractivity contribution is 7.13. The number of nitrogens with zero attached hydrogens (tertiary/aromatic N) is 1. The van der Waals surface area contributed by atoms with Crippen molar-refractivity contribution in [3.8, 4) is 27.6 Å². The van der Waals surface area contributed by atoms with Crippen LogP contribution in [0.2, 0.25) is 0 Å². The van der Waals surface area contributed by atoms with E-state index in [0.29, 0.717) is 13.2 Å². The molecule has 3 aromatic rings. The molecule has 0 aliphatic rings. The molecule has 3 nitrogen and oxygen atoms in total. The fraction of sp³-hybridized carbons (Fsp3) is 0.250. The van der Waals surface area contributed by atoms with Gasteiger partial charge in [0.05, 0.1) is 12.3 Å². The normalized spacial score (nSPS) is 10.8. The molecule has 3 rings (SSSR count). The molecule has 0 atom stereocenters. The SMILES string of the molecule is CCOc1c(C)cc(C)cc1-c1csc(-c2ccccc2CN)n1. The number of nitrogens with two attached hydrogens (primary N) is 1.